The van der Waals surface area contributed by atoms with Crippen LogP contribution >= 0.6 is 0 Å². The maximum Gasteiger partial charge on any atom is 0.0221 e. The number of rotatable bonds is 11. The van der Waals surface area contributed by atoms with Crippen LogP contribution in [0.1, 0.15) is 85.0 Å². The lowest BCUT2D eigenvalue weighted by Gasteiger charge is -2.39. The van der Waals surface area contributed by atoms with Gasteiger partial charge >= 0.3 is 0 Å². The van der Waals surface area contributed by atoms with Crippen molar-refractivity contribution in [2.45, 2.75) is 97.1 Å². The van der Waals surface area contributed by atoms with Gasteiger partial charge in [-0.15, -0.1) is 0 Å². The second-order valence-corrected chi connectivity index (χ2v) is 6.72. The molecule has 2 unspecified atom stereocenters. The van der Waals surface area contributed by atoms with Gasteiger partial charge in [-0.25, -0.2) is 0 Å². The molecule has 1 fully saturated rings. The van der Waals surface area contributed by atoms with Crippen LogP contribution in [0.2, 0.25) is 0 Å². The second kappa shape index (κ2) is 11.6. The van der Waals surface area contributed by atoms with E-state index in [0.29, 0.717) is 6.04 Å². The Bertz CT molecular complexity index is 217. The third-order valence-electron chi connectivity index (χ3n) is 4.65. The first-order chi connectivity index (χ1) is 9.77. The van der Waals surface area contributed by atoms with Gasteiger partial charge in [-0.05, 0) is 26.3 Å². The van der Waals surface area contributed by atoms with Crippen molar-refractivity contribution in [2.75, 3.05) is 19.6 Å². The van der Waals surface area contributed by atoms with Gasteiger partial charge in [-0.3, -0.25) is 4.90 Å². The largest absolute Gasteiger partial charge is 0.311 e. The summed E-state index contributed by atoms with van der Waals surface area (Å²) in [5, 5.41) is 3.64. The average Bonchev–Trinajstić information content (AvgIpc) is 2.44. The molecule has 20 heavy (non-hydrogen) atoms. The molecule has 0 amide bonds. The van der Waals surface area contributed by atoms with Gasteiger partial charge in [-0.2, -0.15) is 0 Å². The summed E-state index contributed by atoms with van der Waals surface area (Å²) < 4.78 is 0. The fourth-order valence-corrected chi connectivity index (χ4v) is 3.37. The van der Waals surface area contributed by atoms with Crippen LogP contribution in [0.5, 0.6) is 0 Å². The summed E-state index contributed by atoms with van der Waals surface area (Å²) in [7, 11) is 0. The normalized spacial score (nSPS) is 24.1. The molecule has 1 aliphatic heterocycles. The highest BCUT2D eigenvalue weighted by atomic mass is 15.2. The molecule has 0 aliphatic carbocycles. The predicted octanol–water partition coefficient (Wildman–Crippen LogP) is 4.59. The van der Waals surface area contributed by atoms with Crippen LogP contribution in [0.15, 0.2) is 0 Å². The van der Waals surface area contributed by atoms with Crippen LogP contribution in [0.3, 0.4) is 0 Å². The van der Waals surface area contributed by atoms with E-state index in [1.165, 1.54) is 83.8 Å². The van der Waals surface area contributed by atoms with Crippen molar-refractivity contribution in [1.29, 1.82) is 0 Å². The molecule has 1 rings (SSSR count). The Morgan fingerprint density at radius 2 is 1.55 bits per heavy atom. The van der Waals surface area contributed by atoms with E-state index in [4.69, 9.17) is 0 Å². The molecule has 2 heteroatoms. The molecule has 1 N–H and O–H groups in total. The van der Waals surface area contributed by atoms with Crippen LogP contribution in [-0.2, 0) is 0 Å². The Balaban J connectivity index is 2.06. The summed E-state index contributed by atoms with van der Waals surface area (Å²) >= 11 is 0. The summed E-state index contributed by atoms with van der Waals surface area (Å²) in [5.74, 6) is 0. The molecule has 0 spiro atoms. The van der Waals surface area contributed by atoms with Crippen LogP contribution in [0.4, 0.5) is 0 Å². The first-order valence-electron chi connectivity index (χ1n) is 9.25. The Labute approximate surface area is 127 Å². The highest BCUT2D eigenvalue weighted by Crippen LogP contribution is 2.14. The van der Waals surface area contributed by atoms with Gasteiger partial charge in [0.2, 0.25) is 0 Å². The molecule has 1 saturated heterocycles. The number of hydrogen-bond acceptors (Lipinski definition) is 2. The summed E-state index contributed by atoms with van der Waals surface area (Å²) in [6.07, 6.45) is 14.1. The minimum atomic E-state index is 0.678. The lowest BCUT2D eigenvalue weighted by Crippen LogP contribution is -2.55. The topological polar surface area (TPSA) is 15.3 Å². The zero-order valence-electron chi connectivity index (χ0n) is 14.3. The maximum absolute atomic E-state index is 3.64. The molecule has 2 nitrogen and oxygen atoms in total. The van der Waals surface area contributed by atoms with Crippen molar-refractivity contribution in [3.8, 4) is 0 Å². The average molecular weight is 283 g/mol. The molecule has 2 atom stereocenters. The second-order valence-electron chi connectivity index (χ2n) is 6.72. The Morgan fingerprint density at radius 3 is 2.20 bits per heavy atom. The van der Waals surface area contributed by atoms with Crippen molar-refractivity contribution >= 4 is 0 Å². The van der Waals surface area contributed by atoms with E-state index in [9.17, 15) is 0 Å². The number of nitrogens with zero attached hydrogens (tertiary/aromatic N) is 1. The molecule has 0 bridgehead atoms. The summed E-state index contributed by atoms with van der Waals surface area (Å²) in [6, 6.07) is 1.47. The highest BCUT2D eigenvalue weighted by molar-refractivity contribution is 4.83. The Kier molecular flexibility index (Phi) is 10.4. The number of nitrogens with one attached hydrogen (secondary N) is 1. The molecule has 0 aromatic rings. The smallest absolute Gasteiger partial charge is 0.0221 e. The van der Waals surface area contributed by atoms with Gasteiger partial charge in [0.15, 0.2) is 0 Å². The van der Waals surface area contributed by atoms with Crippen LogP contribution < -0.4 is 5.32 Å². The third kappa shape index (κ3) is 7.64. The molecular weight excluding hydrogens is 244 g/mol. The van der Waals surface area contributed by atoms with Crippen molar-refractivity contribution < 1.29 is 0 Å². The zero-order valence-corrected chi connectivity index (χ0v) is 14.3. The molecule has 120 valence electrons. The highest BCUT2D eigenvalue weighted by Gasteiger charge is 2.24. The van der Waals surface area contributed by atoms with E-state index in [1.54, 1.807) is 0 Å². The quantitative estimate of drug-likeness (QED) is 0.558. The van der Waals surface area contributed by atoms with Gasteiger partial charge in [-0.1, -0.05) is 65.2 Å². The van der Waals surface area contributed by atoms with Crippen molar-refractivity contribution in [2.24, 2.45) is 0 Å². The van der Waals surface area contributed by atoms with Crippen LogP contribution in [0.25, 0.3) is 0 Å². The molecule has 1 heterocycles. The fourth-order valence-electron chi connectivity index (χ4n) is 3.37. The van der Waals surface area contributed by atoms with Gasteiger partial charge < -0.3 is 5.32 Å². The number of unbranched alkanes of at least 4 members (excludes halogenated alkanes) is 7. The van der Waals surface area contributed by atoms with E-state index < -0.39 is 0 Å². The molecule has 0 radical (unpaired) electrons. The maximum atomic E-state index is 3.64. The van der Waals surface area contributed by atoms with Gasteiger partial charge in [0.25, 0.3) is 0 Å². The van der Waals surface area contributed by atoms with E-state index in [0.717, 1.165) is 6.04 Å². The standard InChI is InChI=1S/C18H38N2/c1-4-6-7-8-9-10-11-12-14-20-16-17(3)19-15-18(20)13-5-2/h17-19H,4-16H2,1-3H3. The lowest BCUT2D eigenvalue weighted by atomic mass is 10.0. The first-order valence-corrected chi connectivity index (χ1v) is 9.25. The molecule has 0 aromatic carbocycles. The summed E-state index contributed by atoms with van der Waals surface area (Å²) in [4.78, 5) is 2.75. The number of hydrogen-bond donors (Lipinski definition) is 1. The van der Waals surface area contributed by atoms with Gasteiger partial charge in [0, 0.05) is 25.2 Å². The molecular formula is C18H38N2. The first kappa shape index (κ1) is 18.0. The predicted molar refractivity (Wildman–Crippen MR) is 90.3 cm³/mol. The van der Waals surface area contributed by atoms with E-state index in [-0.39, 0.29) is 0 Å². The SMILES string of the molecule is CCCCCCCCCCN1CC(C)NCC1CCC. The molecule has 0 saturated carbocycles. The number of piperazine rings is 1. The van der Waals surface area contributed by atoms with E-state index >= 15 is 0 Å². The fraction of sp³-hybridized carbons (Fsp3) is 1.00. The van der Waals surface area contributed by atoms with Crippen molar-refractivity contribution in [3.05, 3.63) is 0 Å². The van der Waals surface area contributed by atoms with Crippen molar-refractivity contribution in [3.63, 3.8) is 0 Å². The minimum Gasteiger partial charge on any atom is -0.311 e. The van der Waals surface area contributed by atoms with E-state index in [2.05, 4.69) is 31.0 Å². The Hall–Kier alpha value is -0.0800. The summed E-state index contributed by atoms with van der Waals surface area (Å²) in [6.45, 7) is 10.7. The van der Waals surface area contributed by atoms with Crippen LogP contribution in [0, 0.1) is 0 Å². The Morgan fingerprint density at radius 1 is 0.900 bits per heavy atom. The van der Waals surface area contributed by atoms with Gasteiger partial charge in [0.1, 0.15) is 0 Å². The van der Waals surface area contributed by atoms with E-state index in [1.807, 2.05) is 0 Å². The minimum absolute atomic E-state index is 0.678. The van der Waals surface area contributed by atoms with Crippen LogP contribution in [-0.4, -0.2) is 36.6 Å². The molecule has 0 aromatic heterocycles. The molecule has 1 aliphatic rings. The van der Waals surface area contributed by atoms with Crippen molar-refractivity contribution in [1.82, 2.24) is 10.2 Å². The van der Waals surface area contributed by atoms with Gasteiger partial charge in [0.05, 0.1) is 0 Å². The zero-order chi connectivity index (χ0) is 14.6. The summed E-state index contributed by atoms with van der Waals surface area (Å²) in [5.41, 5.74) is 0. The third-order valence-corrected chi connectivity index (χ3v) is 4.65. The lowest BCUT2D eigenvalue weighted by molar-refractivity contribution is 0.125. The monoisotopic (exact) mass is 282 g/mol.